The number of anilines is 1. The SMILES string of the molecule is Cc1ccc(CN(Cc2ccc(/C=N/NC(=O)Nc3ccccc3)o2)S(=O)(=O)c2ccc(Cl)cc2)cc1. The van der Waals surface area contributed by atoms with E-state index < -0.39 is 16.1 Å². The number of benzene rings is 3. The number of urea groups is 1. The first kappa shape index (κ1) is 26.2. The molecule has 190 valence electrons. The minimum atomic E-state index is -3.86. The van der Waals surface area contributed by atoms with Crippen molar-refractivity contribution in [2.75, 3.05) is 5.32 Å². The molecule has 2 amide bonds. The molecule has 0 atom stereocenters. The molecule has 0 unspecified atom stereocenters. The standard InChI is InChI=1S/C27H25ClN4O4S/c1-20-7-9-21(10-8-20)18-32(37(34,35)26-15-11-22(28)12-16-26)19-25-14-13-24(36-25)17-29-31-27(33)30-23-5-3-2-4-6-23/h2-17H,18-19H2,1H3,(H2,30,31,33)/b29-17+. The predicted octanol–water partition coefficient (Wildman–Crippen LogP) is 5.79. The van der Waals surface area contributed by atoms with Crippen molar-refractivity contribution >= 4 is 39.6 Å². The first-order valence-electron chi connectivity index (χ1n) is 11.3. The zero-order valence-electron chi connectivity index (χ0n) is 20.0. The lowest BCUT2D eigenvalue weighted by atomic mass is 10.1. The quantitative estimate of drug-likeness (QED) is 0.209. The highest BCUT2D eigenvalue weighted by Crippen LogP contribution is 2.23. The molecule has 0 radical (unpaired) electrons. The molecule has 10 heteroatoms. The minimum absolute atomic E-state index is 0.00536. The Morgan fingerprint density at radius 3 is 2.35 bits per heavy atom. The molecule has 37 heavy (non-hydrogen) atoms. The summed E-state index contributed by atoms with van der Waals surface area (Å²) in [5.41, 5.74) is 4.91. The Morgan fingerprint density at radius 1 is 0.946 bits per heavy atom. The molecule has 0 aliphatic carbocycles. The first-order chi connectivity index (χ1) is 17.8. The molecule has 0 saturated heterocycles. The summed E-state index contributed by atoms with van der Waals surface area (Å²) >= 11 is 5.95. The van der Waals surface area contributed by atoms with Crippen molar-refractivity contribution in [2.24, 2.45) is 5.10 Å². The Hall–Kier alpha value is -3.92. The summed E-state index contributed by atoms with van der Waals surface area (Å²) in [5.74, 6) is 0.772. The molecule has 2 N–H and O–H groups in total. The Morgan fingerprint density at radius 2 is 1.65 bits per heavy atom. The molecule has 4 aromatic rings. The van der Waals surface area contributed by atoms with E-state index in [1.54, 1.807) is 48.5 Å². The average molecular weight is 537 g/mol. The number of amides is 2. The number of nitrogens with zero attached hydrogens (tertiary/aromatic N) is 2. The van der Waals surface area contributed by atoms with Crippen molar-refractivity contribution in [3.63, 3.8) is 0 Å². The van der Waals surface area contributed by atoms with E-state index in [1.807, 2.05) is 37.3 Å². The maximum atomic E-state index is 13.5. The molecule has 1 aromatic heterocycles. The number of rotatable bonds is 9. The van der Waals surface area contributed by atoms with Crippen LogP contribution in [-0.4, -0.2) is 25.0 Å². The number of aryl methyl sites for hydroxylation is 1. The number of sulfonamides is 1. The summed E-state index contributed by atoms with van der Waals surface area (Å²) in [5, 5.41) is 6.98. The van der Waals surface area contributed by atoms with Gasteiger partial charge < -0.3 is 9.73 Å². The lowest BCUT2D eigenvalue weighted by Crippen LogP contribution is -2.30. The van der Waals surface area contributed by atoms with Crippen molar-refractivity contribution in [2.45, 2.75) is 24.9 Å². The van der Waals surface area contributed by atoms with Gasteiger partial charge in [-0.3, -0.25) is 0 Å². The van der Waals surface area contributed by atoms with Gasteiger partial charge in [-0.15, -0.1) is 0 Å². The van der Waals surface area contributed by atoms with E-state index in [0.717, 1.165) is 11.1 Å². The number of carbonyl (C=O) groups excluding carboxylic acids is 1. The Labute approximate surface area is 220 Å². The van der Waals surface area contributed by atoms with E-state index >= 15 is 0 Å². The molecule has 1 heterocycles. The monoisotopic (exact) mass is 536 g/mol. The molecule has 0 saturated carbocycles. The van der Waals surface area contributed by atoms with Gasteiger partial charge in [0.25, 0.3) is 0 Å². The Kier molecular flexibility index (Phi) is 8.39. The van der Waals surface area contributed by atoms with Gasteiger partial charge >= 0.3 is 6.03 Å². The number of furan rings is 1. The Bertz CT molecular complexity index is 1470. The summed E-state index contributed by atoms with van der Waals surface area (Å²) in [7, 11) is -3.86. The van der Waals surface area contributed by atoms with Crippen molar-refractivity contribution in [1.82, 2.24) is 9.73 Å². The van der Waals surface area contributed by atoms with E-state index in [0.29, 0.717) is 22.2 Å². The van der Waals surface area contributed by atoms with Crippen LogP contribution in [0.3, 0.4) is 0 Å². The number of nitrogens with one attached hydrogen (secondary N) is 2. The van der Waals surface area contributed by atoms with Gasteiger partial charge in [-0.05, 0) is 61.0 Å². The fraction of sp³-hybridized carbons (Fsp3) is 0.111. The number of para-hydroxylation sites is 1. The zero-order valence-corrected chi connectivity index (χ0v) is 21.5. The summed E-state index contributed by atoms with van der Waals surface area (Å²) in [6.45, 7) is 2.11. The van der Waals surface area contributed by atoms with Crippen LogP contribution in [-0.2, 0) is 23.1 Å². The van der Waals surface area contributed by atoms with Gasteiger partial charge in [0.2, 0.25) is 10.0 Å². The second kappa shape index (κ2) is 11.9. The zero-order chi connectivity index (χ0) is 26.3. The van der Waals surface area contributed by atoms with Crippen LogP contribution in [0.4, 0.5) is 10.5 Å². The van der Waals surface area contributed by atoms with Crippen molar-refractivity contribution in [3.05, 3.63) is 119 Å². The van der Waals surface area contributed by atoms with Gasteiger partial charge in [-0.1, -0.05) is 59.6 Å². The van der Waals surface area contributed by atoms with Gasteiger partial charge in [0.05, 0.1) is 17.7 Å². The molecule has 0 aliphatic heterocycles. The summed E-state index contributed by atoms with van der Waals surface area (Å²) in [6, 6.07) is 25.5. The smallest absolute Gasteiger partial charge is 0.339 e. The van der Waals surface area contributed by atoms with Crippen LogP contribution in [0.2, 0.25) is 5.02 Å². The summed E-state index contributed by atoms with van der Waals surface area (Å²) in [6.07, 6.45) is 1.34. The van der Waals surface area contributed by atoms with Crippen molar-refractivity contribution in [1.29, 1.82) is 0 Å². The lowest BCUT2D eigenvalue weighted by molar-refractivity contribution is 0.252. The Balaban J connectivity index is 1.47. The van der Waals surface area contributed by atoms with Gasteiger partial charge in [-0.2, -0.15) is 9.41 Å². The second-order valence-corrected chi connectivity index (χ2v) is 10.6. The molecule has 0 aliphatic rings. The maximum Gasteiger partial charge on any atom is 0.339 e. The van der Waals surface area contributed by atoms with E-state index in [4.69, 9.17) is 16.0 Å². The normalized spacial score (nSPS) is 11.6. The van der Waals surface area contributed by atoms with Gasteiger partial charge in [0.1, 0.15) is 11.5 Å². The molecule has 8 nitrogen and oxygen atoms in total. The van der Waals surface area contributed by atoms with Crippen molar-refractivity contribution < 1.29 is 17.6 Å². The van der Waals surface area contributed by atoms with Crippen LogP contribution in [0.15, 0.2) is 105 Å². The first-order valence-corrected chi connectivity index (χ1v) is 13.2. The molecule has 3 aromatic carbocycles. The maximum absolute atomic E-state index is 13.5. The van der Waals surface area contributed by atoms with Gasteiger partial charge in [0.15, 0.2) is 0 Å². The van der Waals surface area contributed by atoms with Crippen LogP contribution >= 0.6 is 11.6 Å². The minimum Gasteiger partial charge on any atom is -0.459 e. The number of hydrogen-bond donors (Lipinski definition) is 2. The van der Waals surface area contributed by atoms with Crippen LogP contribution < -0.4 is 10.7 Å². The third kappa shape index (κ3) is 7.29. The number of halogens is 1. The van der Waals surface area contributed by atoms with Gasteiger partial charge in [-0.25, -0.2) is 18.6 Å². The molecular formula is C27H25ClN4O4S. The topological polar surface area (TPSA) is 104 Å². The summed E-state index contributed by atoms with van der Waals surface area (Å²) in [4.78, 5) is 12.1. The van der Waals surface area contributed by atoms with E-state index in [9.17, 15) is 13.2 Å². The second-order valence-electron chi connectivity index (χ2n) is 8.21. The highest BCUT2D eigenvalue weighted by Gasteiger charge is 2.26. The predicted molar refractivity (Wildman–Crippen MR) is 144 cm³/mol. The molecule has 0 fully saturated rings. The third-order valence-corrected chi connectivity index (χ3v) is 7.39. The third-order valence-electron chi connectivity index (χ3n) is 5.34. The summed E-state index contributed by atoms with van der Waals surface area (Å²) < 4.78 is 34.1. The largest absolute Gasteiger partial charge is 0.459 e. The number of hydrogen-bond acceptors (Lipinski definition) is 5. The number of carbonyl (C=O) groups is 1. The molecule has 0 bridgehead atoms. The number of hydrazone groups is 1. The van der Waals surface area contributed by atoms with E-state index in [-0.39, 0.29) is 18.0 Å². The van der Waals surface area contributed by atoms with Crippen LogP contribution in [0.1, 0.15) is 22.6 Å². The van der Waals surface area contributed by atoms with Gasteiger partial charge in [0, 0.05) is 17.3 Å². The highest BCUT2D eigenvalue weighted by atomic mass is 35.5. The molecule has 0 spiro atoms. The molecular weight excluding hydrogens is 512 g/mol. The van der Waals surface area contributed by atoms with Crippen molar-refractivity contribution in [3.8, 4) is 0 Å². The fourth-order valence-electron chi connectivity index (χ4n) is 3.44. The van der Waals surface area contributed by atoms with E-state index in [1.165, 1.54) is 22.7 Å². The highest BCUT2D eigenvalue weighted by molar-refractivity contribution is 7.89. The average Bonchev–Trinajstić information content (AvgIpc) is 3.33. The van der Waals surface area contributed by atoms with E-state index in [2.05, 4.69) is 15.8 Å². The lowest BCUT2D eigenvalue weighted by Gasteiger charge is -2.21. The van der Waals surface area contributed by atoms with Crippen LogP contribution in [0.25, 0.3) is 0 Å². The molecule has 4 rings (SSSR count). The fourth-order valence-corrected chi connectivity index (χ4v) is 4.96. The van der Waals surface area contributed by atoms with Crippen LogP contribution in [0.5, 0.6) is 0 Å². The van der Waals surface area contributed by atoms with Crippen LogP contribution in [0, 0.1) is 6.92 Å².